The molecule has 0 amide bonds. The molecule has 0 bridgehead atoms. The van der Waals surface area contributed by atoms with Crippen molar-refractivity contribution in [1.29, 1.82) is 0 Å². The Hall–Kier alpha value is -2.59. The molecular formula is C24H30O6. The molecular weight excluding hydrogens is 384 g/mol. The monoisotopic (exact) mass is 414 g/mol. The largest absolute Gasteiger partial charge is 0.497 e. The van der Waals surface area contributed by atoms with Gasteiger partial charge in [-0.1, -0.05) is 25.0 Å². The fraction of sp³-hybridized carbons (Fsp3) is 0.458. The van der Waals surface area contributed by atoms with Gasteiger partial charge < -0.3 is 23.4 Å². The maximum absolute atomic E-state index is 12.0. The van der Waals surface area contributed by atoms with Crippen molar-refractivity contribution in [3.8, 4) is 17.6 Å². The second kappa shape index (κ2) is 13.6. The first kappa shape index (κ1) is 23.7. The van der Waals surface area contributed by atoms with Gasteiger partial charge >= 0.3 is 0 Å². The van der Waals surface area contributed by atoms with Gasteiger partial charge in [0.2, 0.25) is 0 Å². The van der Waals surface area contributed by atoms with Crippen LogP contribution in [-0.2, 0) is 20.8 Å². The molecule has 162 valence electrons. The van der Waals surface area contributed by atoms with E-state index in [9.17, 15) is 4.79 Å². The Morgan fingerprint density at radius 1 is 1.13 bits per heavy atom. The molecule has 6 nitrogen and oxygen atoms in total. The Balaban J connectivity index is 1.85. The lowest BCUT2D eigenvalue weighted by molar-refractivity contribution is -0.0373. The SMILES string of the molecule is CCOCCO[C@@H](CC#CC(=O)c1ccco1)[C@@H](C)COCc1ccc(OC)cc1. The second-order valence-corrected chi connectivity index (χ2v) is 6.76. The maximum Gasteiger partial charge on any atom is 0.271 e. The Labute approximate surface area is 178 Å². The van der Waals surface area contributed by atoms with Gasteiger partial charge in [-0.15, -0.1) is 0 Å². The van der Waals surface area contributed by atoms with Crippen molar-refractivity contribution in [2.75, 3.05) is 33.5 Å². The number of carbonyl (C=O) groups is 1. The molecule has 0 N–H and O–H groups in total. The first-order chi connectivity index (χ1) is 14.6. The highest BCUT2D eigenvalue weighted by Crippen LogP contribution is 2.15. The summed E-state index contributed by atoms with van der Waals surface area (Å²) in [7, 11) is 1.64. The number of Topliss-reactive ketones (excluding diaryl/α,β-unsaturated/α-hetero) is 1. The molecule has 0 aliphatic heterocycles. The standard InChI is InChI=1S/C24H30O6/c1-4-27-15-16-30-23(8-5-7-22(25)24-9-6-14-29-24)19(2)17-28-18-20-10-12-21(26-3)13-11-20/h6,9-14,19,23H,4,8,15-18H2,1-3H3/t19-,23-/m0/s1. The molecule has 6 heteroatoms. The molecule has 0 saturated heterocycles. The van der Waals surface area contributed by atoms with Crippen molar-refractivity contribution in [3.63, 3.8) is 0 Å². The highest BCUT2D eigenvalue weighted by Gasteiger charge is 2.18. The van der Waals surface area contributed by atoms with Crippen LogP contribution < -0.4 is 4.74 Å². The maximum atomic E-state index is 12.0. The van der Waals surface area contributed by atoms with Crippen LogP contribution in [0.15, 0.2) is 47.1 Å². The van der Waals surface area contributed by atoms with Gasteiger partial charge in [-0.2, -0.15) is 0 Å². The fourth-order valence-electron chi connectivity index (χ4n) is 2.72. The smallest absolute Gasteiger partial charge is 0.271 e. The van der Waals surface area contributed by atoms with E-state index in [1.165, 1.54) is 6.26 Å². The van der Waals surface area contributed by atoms with E-state index < -0.39 is 0 Å². The molecule has 2 aromatic rings. The van der Waals surface area contributed by atoms with E-state index >= 15 is 0 Å². The summed E-state index contributed by atoms with van der Waals surface area (Å²) >= 11 is 0. The second-order valence-electron chi connectivity index (χ2n) is 6.76. The van der Waals surface area contributed by atoms with Gasteiger partial charge in [0, 0.05) is 18.9 Å². The summed E-state index contributed by atoms with van der Waals surface area (Å²) in [4.78, 5) is 12.0. The van der Waals surface area contributed by atoms with Gasteiger partial charge in [-0.05, 0) is 42.7 Å². The van der Waals surface area contributed by atoms with Crippen LogP contribution in [0.1, 0.15) is 36.4 Å². The third-order valence-corrected chi connectivity index (χ3v) is 4.46. The summed E-state index contributed by atoms with van der Waals surface area (Å²) in [6.07, 6.45) is 1.71. The number of ketones is 1. The van der Waals surface area contributed by atoms with Crippen molar-refractivity contribution in [2.45, 2.75) is 33.0 Å². The van der Waals surface area contributed by atoms with E-state index in [1.807, 2.05) is 31.2 Å². The topological polar surface area (TPSA) is 67.1 Å². The zero-order chi connectivity index (χ0) is 21.6. The van der Waals surface area contributed by atoms with Crippen LogP contribution in [0.3, 0.4) is 0 Å². The lowest BCUT2D eigenvalue weighted by atomic mass is 10.0. The molecule has 0 radical (unpaired) electrons. The van der Waals surface area contributed by atoms with Crippen LogP contribution in [-0.4, -0.2) is 45.4 Å². The average molecular weight is 414 g/mol. The molecule has 0 saturated carbocycles. The Bertz CT molecular complexity index is 785. The van der Waals surface area contributed by atoms with E-state index in [1.54, 1.807) is 19.2 Å². The number of benzene rings is 1. The zero-order valence-corrected chi connectivity index (χ0v) is 17.9. The van der Waals surface area contributed by atoms with Crippen molar-refractivity contribution >= 4 is 5.78 Å². The van der Waals surface area contributed by atoms with Crippen LogP contribution in [0.5, 0.6) is 5.75 Å². The molecule has 0 fully saturated rings. The number of furan rings is 1. The number of hydrogen-bond donors (Lipinski definition) is 0. The summed E-state index contributed by atoms with van der Waals surface area (Å²) in [5.41, 5.74) is 1.07. The highest BCUT2D eigenvalue weighted by molar-refractivity contribution is 6.07. The Morgan fingerprint density at radius 2 is 1.93 bits per heavy atom. The van der Waals surface area contributed by atoms with Crippen molar-refractivity contribution in [3.05, 3.63) is 54.0 Å². The number of hydrogen-bond acceptors (Lipinski definition) is 6. The van der Waals surface area contributed by atoms with E-state index in [0.717, 1.165) is 11.3 Å². The van der Waals surface area contributed by atoms with Gasteiger partial charge in [-0.25, -0.2) is 0 Å². The minimum atomic E-state index is -0.337. The van der Waals surface area contributed by atoms with Crippen LogP contribution >= 0.6 is 0 Å². The van der Waals surface area contributed by atoms with Gasteiger partial charge in [0.05, 0.1) is 45.9 Å². The lowest BCUT2D eigenvalue weighted by Crippen LogP contribution is -2.27. The van der Waals surface area contributed by atoms with Crippen molar-refractivity contribution < 1.29 is 28.2 Å². The van der Waals surface area contributed by atoms with E-state index in [4.69, 9.17) is 23.4 Å². The number of methoxy groups -OCH3 is 1. The van der Waals surface area contributed by atoms with E-state index in [2.05, 4.69) is 18.8 Å². The van der Waals surface area contributed by atoms with Gasteiger partial charge in [0.1, 0.15) is 5.75 Å². The molecule has 0 spiro atoms. The summed E-state index contributed by atoms with van der Waals surface area (Å²) in [5, 5.41) is 0. The van der Waals surface area contributed by atoms with Crippen LogP contribution in [0.2, 0.25) is 0 Å². The van der Waals surface area contributed by atoms with Crippen LogP contribution in [0, 0.1) is 17.8 Å². The third kappa shape index (κ3) is 8.42. The summed E-state index contributed by atoms with van der Waals surface area (Å²) < 4.78 is 27.4. The minimum Gasteiger partial charge on any atom is -0.497 e. The van der Waals surface area contributed by atoms with Crippen LogP contribution in [0.25, 0.3) is 0 Å². The number of rotatable bonds is 13. The Morgan fingerprint density at radius 3 is 2.60 bits per heavy atom. The van der Waals surface area contributed by atoms with Gasteiger partial charge in [-0.3, -0.25) is 4.79 Å². The van der Waals surface area contributed by atoms with E-state index in [0.29, 0.717) is 39.5 Å². The highest BCUT2D eigenvalue weighted by atomic mass is 16.5. The summed E-state index contributed by atoms with van der Waals surface area (Å²) in [6.45, 7) is 6.64. The van der Waals surface area contributed by atoms with Crippen molar-refractivity contribution in [2.24, 2.45) is 5.92 Å². The van der Waals surface area contributed by atoms with Gasteiger partial charge in [0.25, 0.3) is 5.78 Å². The lowest BCUT2D eigenvalue weighted by Gasteiger charge is -2.22. The first-order valence-corrected chi connectivity index (χ1v) is 10.1. The molecule has 1 aromatic heterocycles. The summed E-state index contributed by atoms with van der Waals surface area (Å²) in [6, 6.07) is 11.0. The Kier molecular flexibility index (Phi) is 10.7. The molecule has 1 heterocycles. The third-order valence-electron chi connectivity index (χ3n) is 4.46. The van der Waals surface area contributed by atoms with Gasteiger partial charge in [0.15, 0.2) is 5.76 Å². The first-order valence-electron chi connectivity index (χ1n) is 10.1. The normalized spacial score (nSPS) is 12.6. The number of ether oxygens (including phenoxy) is 4. The molecule has 1 aromatic carbocycles. The van der Waals surface area contributed by atoms with E-state index in [-0.39, 0.29) is 23.6 Å². The summed E-state index contributed by atoms with van der Waals surface area (Å²) in [5.74, 6) is 6.36. The molecule has 0 unspecified atom stereocenters. The number of carbonyl (C=O) groups excluding carboxylic acids is 1. The predicted molar refractivity (Wildman–Crippen MR) is 113 cm³/mol. The molecule has 0 aliphatic carbocycles. The van der Waals surface area contributed by atoms with Crippen LogP contribution in [0.4, 0.5) is 0 Å². The zero-order valence-electron chi connectivity index (χ0n) is 17.9. The predicted octanol–water partition coefficient (Wildman–Crippen LogP) is 4.14. The molecule has 2 rings (SSSR count). The van der Waals surface area contributed by atoms with Crippen molar-refractivity contribution in [1.82, 2.24) is 0 Å². The minimum absolute atomic E-state index is 0.0953. The molecule has 0 aliphatic rings. The molecule has 30 heavy (non-hydrogen) atoms. The quantitative estimate of drug-likeness (QED) is 0.212. The fourth-order valence-corrected chi connectivity index (χ4v) is 2.72. The average Bonchev–Trinajstić information content (AvgIpc) is 3.31. The molecule has 2 atom stereocenters.